The van der Waals surface area contributed by atoms with Crippen LogP contribution in [0.15, 0.2) is 6.07 Å². The van der Waals surface area contributed by atoms with Crippen LogP contribution >= 0.6 is 0 Å². The molecule has 1 amide bonds. The lowest BCUT2D eigenvalue weighted by atomic mass is 10.00. The fourth-order valence-corrected chi connectivity index (χ4v) is 2.00. The minimum absolute atomic E-state index is 0.0297. The van der Waals surface area contributed by atoms with Crippen molar-refractivity contribution in [3.05, 3.63) is 6.07 Å². The number of carbonyl (C=O) groups is 1. The zero-order valence-electron chi connectivity index (χ0n) is 11.3. The summed E-state index contributed by atoms with van der Waals surface area (Å²) in [6, 6.07) is 1.73. The molecule has 0 saturated carbocycles. The number of piperidine rings is 1. The van der Waals surface area contributed by atoms with Gasteiger partial charge in [0.15, 0.2) is 0 Å². The number of ether oxygens (including phenoxy) is 2. The topological polar surface area (TPSA) is 85.4 Å². The number of amides is 1. The van der Waals surface area contributed by atoms with E-state index in [0.717, 1.165) is 6.42 Å². The lowest BCUT2D eigenvalue weighted by Gasteiger charge is -2.30. The SMILES string of the molecule is COc1cc(OC)nc(NC2CCC(=O)NC2C)n1. The van der Waals surface area contributed by atoms with Crippen molar-refractivity contribution in [2.24, 2.45) is 0 Å². The Kier molecular flexibility index (Phi) is 4.03. The Morgan fingerprint density at radius 3 is 2.47 bits per heavy atom. The first-order chi connectivity index (χ1) is 9.12. The van der Waals surface area contributed by atoms with E-state index in [0.29, 0.717) is 24.1 Å². The van der Waals surface area contributed by atoms with Gasteiger partial charge in [0.25, 0.3) is 0 Å². The second kappa shape index (κ2) is 5.73. The van der Waals surface area contributed by atoms with Gasteiger partial charge < -0.3 is 20.1 Å². The van der Waals surface area contributed by atoms with E-state index < -0.39 is 0 Å². The van der Waals surface area contributed by atoms with E-state index in [-0.39, 0.29) is 18.0 Å². The predicted molar refractivity (Wildman–Crippen MR) is 69.4 cm³/mol. The molecule has 0 bridgehead atoms. The Balaban J connectivity index is 2.11. The van der Waals surface area contributed by atoms with Crippen LogP contribution in [0.3, 0.4) is 0 Å². The van der Waals surface area contributed by atoms with Crippen molar-refractivity contribution in [1.29, 1.82) is 0 Å². The largest absolute Gasteiger partial charge is 0.481 e. The number of nitrogens with one attached hydrogen (secondary N) is 2. The highest BCUT2D eigenvalue weighted by Crippen LogP contribution is 2.20. The molecule has 0 aliphatic carbocycles. The molecule has 1 aliphatic rings. The monoisotopic (exact) mass is 266 g/mol. The first-order valence-electron chi connectivity index (χ1n) is 6.15. The second-order valence-corrected chi connectivity index (χ2v) is 4.42. The van der Waals surface area contributed by atoms with Crippen LogP contribution in [0, 0.1) is 0 Å². The third kappa shape index (κ3) is 3.24. The maximum atomic E-state index is 11.3. The van der Waals surface area contributed by atoms with Crippen LogP contribution in [0.2, 0.25) is 0 Å². The maximum Gasteiger partial charge on any atom is 0.229 e. The van der Waals surface area contributed by atoms with E-state index in [4.69, 9.17) is 9.47 Å². The van der Waals surface area contributed by atoms with Crippen molar-refractivity contribution < 1.29 is 14.3 Å². The Bertz CT molecular complexity index is 444. The standard InChI is InChI=1S/C12H18N4O3/c1-7-8(4-5-9(17)13-7)14-12-15-10(18-2)6-11(16-12)19-3/h6-8H,4-5H2,1-3H3,(H,13,17)(H,14,15,16). The molecule has 0 radical (unpaired) electrons. The molecule has 1 fully saturated rings. The van der Waals surface area contributed by atoms with Gasteiger partial charge in [0.2, 0.25) is 23.6 Å². The summed E-state index contributed by atoms with van der Waals surface area (Å²) in [5, 5.41) is 6.09. The second-order valence-electron chi connectivity index (χ2n) is 4.42. The molecule has 2 unspecified atom stereocenters. The summed E-state index contributed by atoms with van der Waals surface area (Å²) in [6.07, 6.45) is 1.25. The van der Waals surface area contributed by atoms with Crippen molar-refractivity contribution in [3.8, 4) is 11.8 Å². The minimum atomic E-state index is 0.0297. The summed E-state index contributed by atoms with van der Waals surface area (Å²) < 4.78 is 10.2. The van der Waals surface area contributed by atoms with Crippen molar-refractivity contribution in [2.75, 3.05) is 19.5 Å². The molecule has 104 valence electrons. The van der Waals surface area contributed by atoms with E-state index in [1.54, 1.807) is 6.07 Å². The summed E-state index contributed by atoms with van der Waals surface area (Å²) in [5.74, 6) is 1.38. The minimum Gasteiger partial charge on any atom is -0.481 e. The molecule has 0 aromatic carbocycles. The summed E-state index contributed by atoms with van der Waals surface area (Å²) in [5.41, 5.74) is 0. The normalized spacial score (nSPS) is 22.6. The van der Waals surface area contributed by atoms with Gasteiger partial charge in [0.1, 0.15) is 0 Å². The number of aromatic nitrogens is 2. The molecule has 7 heteroatoms. The van der Waals surface area contributed by atoms with Crippen LogP contribution in [0.4, 0.5) is 5.95 Å². The van der Waals surface area contributed by atoms with E-state index in [1.807, 2.05) is 6.92 Å². The van der Waals surface area contributed by atoms with Crippen LogP contribution in [0.5, 0.6) is 11.8 Å². The number of rotatable bonds is 4. The van der Waals surface area contributed by atoms with Crippen molar-refractivity contribution in [1.82, 2.24) is 15.3 Å². The van der Waals surface area contributed by atoms with Gasteiger partial charge >= 0.3 is 0 Å². The zero-order valence-corrected chi connectivity index (χ0v) is 11.3. The Morgan fingerprint density at radius 2 is 1.95 bits per heavy atom. The first-order valence-corrected chi connectivity index (χ1v) is 6.15. The van der Waals surface area contributed by atoms with Crippen molar-refractivity contribution in [2.45, 2.75) is 31.8 Å². The average Bonchev–Trinajstić information content (AvgIpc) is 2.41. The van der Waals surface area contributed by atoms with E-state index in [2.05, 4.69) is 20.6 Å². The van der Waals surface area contributed by atoms with Gasteiger partial charge in [-0.1, -0.05) is 0 Å². The molecule has 2 rings (SSSR count). The highest BCUT2D eigenvalue weighted by atomic mass is 16.5. The molecule has 2 N–H and O–H groups in total. The lowest BCUT2D eigenvalue weighted by Crippen LogP contribution is -2.49. The lowest BCUT2D eigenvalue weighted by molar-refractivity contribution is -0.123. The van der Waals surface area contributed by atoms with Gasteiger partial charge in [-0.3, -0.25) is 4.79 Å². The molecular weight excluding hydrogens is 248 g/mol. The number of anilines is 1. The summed E-state index contributed by atoms with van der Waals surface area (Å²) in [7, 11) is 3.07. The molecule has 19 heavy (non-hydrogen) atoms. The summed E-state index contributed by atoms with van der Waals surface area (Å²) in [6.45, 7) is 1.95. The fraction of sp³-hybridized carbons (Fsp3) is 0.583. The van der Waals surface area contributed by atoms with Crippen molar-refractivity contribution in [3.63, 3.8) is 0 Å². The van der Waals surface area contributed by atoms with Gasteiger partial charge in [-0.05, 0) is 13.3 Å². The molecule has 1 aromatic heterocycles. The predicted octanol–water partition coefficient (Wildman–Crippen LogP) is 0.573. The molecule has 2 atom stereocenters. The molecule has 1 saturated heterocycles. The number of methoxy groups -OCH3 is 2. The maximum absolute atomic E-state index is 11.3. The van der Waals surface area contributed by atoms with Crippen LogP contribution in [-0.4, -0.2) is 42.2 Å². The molecule has 1 aromatic rings. The number of hydrogen-bond donors (Lipinski definition) is 2. The van der Waals surface area contributed by atoms with Crippen LogP contribution in [0.25, 0.3) is 0 Å². The average molecular weight is 266 g/mol. The van der Waals surface area contributed by atoms with Crippen LogP contribution < -0.4 is 20.1 Å². The number of carbonyl (C=O) groups excluding carboxylic acids is 1. The van der Waals surface area contributed by atoms with E-state index in [1.165, 1.54) is 14.2 Å². The van der Waals surface area contributed by atoms with Crippen LogP contribution in [0.1, 0.15) is 19.8 Å². The Morgan fingerprint density at radius 1 is 1.32 bits per heavy atom. The number of nitrogens with zero attached hydrogens (tertiary/aromatic N) is 2. The van der Waals surface area contributed by atoms with Gasteiger partial charge in [0, 0.05) is 18.5 Å². The Hall–Kier alpha value is -2.05. The highest BCUT2D eigenvalue weighted by molar-refractivity contribution is 5.77. The van der Waals surface area contributed by atoms with E-state index in [9.17, 15) is 4.79 Å². The fourth-order valence-electron chi connectivity index (χ4n) is 2.00. The molecule has 1 aliphatic heterocycles. The van der Waals surface area contributed by atoms with E-state index >= 15 is 0 Å². The number of hydrogen-bond acceptors (Lipinski definition) is 6. The van der Waals surface area contributed by atoms with Crippen molar-refractivity contribution >= 4 is 11.9 Å². The van der Waals surface area contributed by atoms with Gasteiger partial charge in [0.05, 0.1) is 20.3 Å². The quantitative estimate of drug-likeness (QED) is 0.829. The van der Waals surface area contributed by atoms with Gasteiger partial charge in [-0.15, -0.1) is 0 Å². The van der Waals surface area contributed by atoms with Crippen LogP contribution in [-0.2, 0) is 4.79 Å². The smallest absolute Gasteiger partial charge is 0.229 e. The third-order valence-electron chi connectivity index (χ3n) is 3.09. The van der Waals surface area contributed by atoms with Gasteiger partial charge in [-0.25, -0.2) is 0 Å². The molecular formula is C12H18N4O3. The Labute approximate surface area is 111 Å². The summed E-state index contributed by atoms with van der Waals surface area (Å²) in [4.78, 5) is 19.7. The highest BCUT2D eigenvalue weighted by Gasteiger charge is 2.25. The zero-order chi connectivity index (χ0) is 13.8. The van der Waals surface area contributed by atoms with Gasteiger partial charge in [-0.2, -0.15) is 9.97 Å². The molecule has 7 nitrogen and oxygen atoms in total. The first kappa shape index (κ1) is 13.4. The molecule has 2 heterocycles. The third-order valence-corrected chi connectivity index (χ3v) is 3.09. The molecule has 0 spiro atoms. The summed E-state index contributed by atoms with van der Waals surface area (Å²) >= 11 is 0.